The molecule has 39 heavy (non-hydrogen) atoms. The average Bonchev–Trinajstić information content (AvgIpc) is 2.94. The summed E-state index contributed by atoms with van der Waals surface area (Å²) < 4.78 is 13.6. The zero-order valence-corrected chi connectivity index (χ0v) is 24.9. The number of rotatable bonds is 20. The van der Waals surface area contributed by atoms with E-state index in [9.17, 15) is 9.59 Å². The number of unbranched alkanes of at least 4 members (excludes halogenated alkanes) is 11. The van der Waals surface area contributed by atoms with E-state index in [2.05, 4.69) is 18.4 Å². The second kappa shape index (κ2) is 19.2. The van der Waals surface area contributed by atoms with E-state index in [1.165, 1.54) is 76.0 Å². The summed E-state index contributed by atoms with van der Waals surface area (Å²) >= 11 is 0. The second-order valence-electron chi connectivity index (χ2n) is 10.4. The number of methoxy groups -OCH3 is 1. The van der Waals surface area contributed by atoms with Crippen molar-refractivity contribution < 1.29 is 23.6 Å². The number of amides is 2. The zero-order valence-electron chi connectivity index (χ0n) is 24.9. The number of nitrogens with zero attached hydrogens (tertiary/aromatic N) is 2. The molecule has 0 bridgehead atoms. The SMILES string of the molecule is CCCCCCCCCCCCCCOc1cc(C(=O)N(Cc2cccc[n+]2CCC)C(C)=O)ccc1OC. The molecule has 2 amide bonds. The van der Waals surface area contributed by atoms with E-state index in [0.717, 1.165) is 31.5 Å². The number of pyridine rings is 1. The number of carbonyl (C=O) groups is 2. The van der Waals surface area contributed by atoms with Crippen molar-refractivity contribution in [2.75, 3.05) is 13.7 Å². The van der Waals surface area contributed by atoms with E-state index in [4.69, 9.17) is 9.47 Å². The highest BCUT2D eigenvalue weighted by molar-refractivity contribution is 6.04. The van der Waals surface area contributed by atoms with Gasteiger partial charge in [-0.15, -0.1) is 0 Å². The Morgan fingerprint density at radius 1 is 0.795 bits per heavy atom. The van der Waals surface area contributed by atoms with Crippen LogP contribution in [-0.4, -0.2) is 30.4 Å². The molecule has 0 fully saturated rings. The van der Waals surface area contributed by atoms with Gasteiger partial charge in [-0.25, -0.2) is 4.57 Å². The summed E-state index contributed by atoms with van der Waals surface area (Å²) in [4.78, 5) is 27.2. The molecule has 1 aromatic carbocycles. The van der Waals surface area contributed by atoms with Crippen molar-refractivity contribution in [2.45, 2.75) is 117 Å². The van der Waals surface area contributed by atoms with Crippen LogP contribution in [0.2, 0.25) is 0 Å². The van der Waals surface area contributed by atoms with Crippen LogP contribution in [0.1, 0.15) is 120 Å². The van der Waals surface area contributed by atoms with Crippen molar-refractivity contribution in [1.82, 2.24) is 4.90 Å². The van der Waals surface area contributed by atoms with E-state index in [1.54, 1.807) is 25.3 Å². The van der Waals surface area contributed by atoms with E-state index in [-0.39, 0.29) is 18.4 Å². The summed E-state index contributed by atoms with van der Waals surface area (Å²) in [5.74, 6) is 0.494. The van der Waals surface area contributed by atoms with Gasteiger partial charge in [-0.1, -0.05) is 90.5 Å². The molecule has 0 saturated heterocycles. The number of carbonyl (C=O) groups excluding carboxylic acids is 2. The first-order valence-electron chi connectivity index (χ1n) is 15.1. The lowest BCUT2D eigenvalue weighted by molar-refractivity contribution is -0.704. The first kappa shape index (κ1) is 32.3. The first-order valence-corrected chi connectivity index (χ1v) is 15.1. The molecule has 0 spiro atoms. The average molecular weight is 540 g/mol. The molecule has 2 rings (SSSR count). The van der Waals surface area contributed by atoms with E-state index < -0.39 is 0 Å². The monoisotopic (exact) mass is 539 g/mol. The van der Waals surface area contributed by atoms with Crippen molar-refractivity contribution in [3.8, 4) is 11.5 Å². The number of imide groups is 1. The fourth-order valence-electron chi connectivity index (χ4n) is 4.81. The van der Waals surface area contributed by atoms with Crippen molar-refractivity contribution >= 4 is 11.8 Å². The van der Waals surface area contributed by atoms with E-state index >= 15 is 0 Å². The smallest absolute Gasteiger partial charge is 0.261 e. The molecule has 6 heteroatoms. The van der Waals surface area contributed by atoms with Gasteiger partial charge >= 0.3 is 0 Å². The predicted octanol–water partition coefficient (Wildman–Crippen LogP) is 7.66. The summed E-state index contributed by atoms with van der Waals surface area (Å²) in [5.41, 5.74) is 1.33. The van der Waals surface area contributed by atoms with Gasteiger partial charge in [-0.3, -0.25) is 14.5 Å². The topological polar surface area (TPSA) is 59.7 Å². The third kappa shape index (κ3) is 11.8. The molecule has 0 aliphatic heterocycles. The largest absolute Gasteiger partial charge is 0.493 e. The van der Waals surface area contributed by atoms with Gasteiger partial charge in [0, 0.05) is 31.0 Å². The summed E-state index contributed by atoms with van der Waals surface area (Å²) in [6, 6.07) is 11.0. The highest BCUT2D eigenvalue weighted by atomic mass is 16.5. The first-order chi connectivity index (χ1) is 19.0. The number of hydrogen-bond donors (Lipinski definition) is 0. The molecule has 0 aliphatic rings. The minimum atomic E-state index is -0.340. The highest BCUT2D eigenvalue weighted by Crippen LogP contribution is 2.29. The Labute approximate surface area is 236 Å². The second-order valence-corrected chi connectivity index (χ2v) is 10.4. The van der Waals surface area contributed by atoms with Gasteiger partial charge in [0.2, 0.25) is 11.6 Å². The van der Waals surface area contributed by atoms with Gasteiger partial charge in [0.25, 0.3) is 5.91 Å². The Morgan fingerprint density at radius 3 is 2.03 bits per heavy atom. The Morgan fingerprint density at radius 2 is 1.44 bits per heavy atom. The fourth-order valence-corrected chi connectivity index (χ4v) is 4.81. The predicted molar refractivity (Wildman–Crippen MR) is 157 cm³/mol. The Hall–Kier alpha value is -2.89. The maximum absolute atomic E-state index is 13.4. The maximum atomic E-state index is 13.4. The summed E-state index contributed by atoms with van der Waals surface area (Å²) in [5, 5.41) is 0. The van der Waals surface area contributed by atoms with Crippen LogP contribution in [0.5, 0.6) is 11.5 Å². The molecule has 216 valence electrons. The molecular formula is C33H51N2O4+. The molecule has 2 aromatic rings. The van der Waals surface area contributed by atoms with Crippen LogP contribution in [0.3, 0.4) is 0 Å². The van der Waals surface area contributed by atoms with Gasteiger partial charge in [0.05, 0.1) is 13.7 Å². The standard InChI is InChI=1S/C33H51N2O4/c1-5-7-8-9-10-11-12-13-14-15-16-19-25-39-32-26-29(21-22-31(32)38-4)33(37)35(28(3)36)27-30-20-17-18-24-34(30)23-6-2/h17-18,20-22,24,26H,5-16,19,23,25,27H2,1-4H3/q+1. The third-order valence-electron chi connectivity index (χ3n) is 7.11. The summed E-state index contributed by atoms with van der Waals surface area (Å²) in [6.07, 6.45) is 18.4. The highest BCUT2D eigenvalue weighted by Gasteiger charge is 2.25. The molecule has 0 aliphatic carbocycles. The van der Waals surface area contributed by atoms with Crippen LogP contribution in [0.25, 0.3) is 0 Å². The number of ether oxygens (including phenoxy) is 2. The number of hydrogen-bond acceptors (Lipinski definition) is 4. The number of benzene rings is 1. The minimum absolute atomic E-state index is 0.218. The lowest BCUT2D eigenvalue weighted by Gasteiger charge is -2.19. The van der Waals surface area contributed by atoms with Crippen molar-refractivity contribution in [2.24, 2.45) is 0 Å². The fraction of sp³-hybridized carbons (Fsp3) is 0.606. The Bertz CT molecular complexity index is 991. The molecule has 0 radical (unpaired) electrons. The van der Waals surface area contributed by atoms with Crippen LogP contribution in [-0.2, 0) is 17.9 Å². The van der Waals surface area contributed by atoms with E-state index in [0.29, 0.717) is 23.7 Å². The molecule has 1 heterocycles. The van der Waals surface area contributed by atoms with Gasteiger partial charge in [-0.05, 0) is 24.6 Å². The molecule has 1 aromatic heterocycles. The van der Waals surface area contributed by atoms with Crippen LogP contribution in [0.15, 0.2) is 42.6 Å². The van der Waals surface area contributed by atoms with Crippen LogP contribution in [0, 0.1) is 0 Å². The number of aryl methyl sites for hydroxylation is 1. The molecule has 0 atom stereocenters. The minimum Gasteiger partial charge on any atom is -0.493 e. The molecular weight excluding hydrogens is 488 g/mol. The van der Waals surface area contributed by atoms with Crippen molar-refractivity contribution in [3.63, 3.8) is 0 Å². The number of aromatic nitrogens is 1. The molecule has 0 unspecified atom stereocenters. The quantitative estimate of drug-likeness (QED) is 0.128. The van der Waals surface area contributed by atoms with Gasteiger partial charge in [0.1, 0.15) is 13.1 Å². The van der Waals surface area contributed by atoms with E-state index in [1.807, 2.05) is 24.4 Å². The van der Waals surface area contributed by atoms with Crippen molar-refractivity contribution in [1.29, 1.82) is 0 Å². The lowest BCUT2D eigenvalue weighted by atomic mass is 10.1. The summed E-state index contributed by atoms with van der Waals surface area (Å²) in [6.45, 7) is 7.42. The Balaban J connectivity index is 1.85. The molecule has 0 N–H and O–H groups in total. The van der Waals surface area contributed by atoms with Crippen LogP contribution < -0.4 is 14.0 Å². The zero-order chi connectivity index (χ0) is 28.3. The van der Waals surface area contributed by atoms with Gasteiger partial charge in [-0.2, -0.15) is 0 Å². The van der Waals surface area contributed by atoms with Crippen LogP contribution in [0.4, 0.5) is 0 Å². The summed E-state index contributed by atoms with van der Waals surface area (Å²) in [7, 11) is 1.59. The van der Waals surface area contributed by atoms with Crippen LogP contribution >= 0.6 is 0 Å². The van der Waals surface area contributed by atoms with Crippen molar-refractivity contribution in [3.05, 3.63) is 53.9 Å². The lowest BCUT2D eigenvalue weighted by Crippen LogP contribution is -2.43. The molecule has 6 nitrogen and oxygen atoms in total. The maximum Gasteiger partial charge on any atom is 0.261 e. The normalized spacial score (nSPS) is 10.9. The molecule has 0 saturated carbocycles. The van der Waals surface area contributed by atoms with Gasteiger partial charge < -0.3 is 9.47 Å². The third-order valence-corrected chi connectivity index (χ3v) is 7.11. The van der Waals surface area contributed by atoms with Gasteiger partial charge in [0.15, 0.2) is 17.7 Å². The Kier molecular flexibility index (Phi) is 15.9.